The van der Waals surface area contributed by atoms with Crippen LogP contribution in [0.4, 0.5) is 6.01 Å². The molecule has 2 aromatic rings. The van der Waals surface area contributed by atoms with E-state index in [0.29, 0.717) is 16.9 Å². The van der Waals surface area contributed by atoms with Crippen LogP contribution in [-0.2, 0) is 25.8 Å². The number of amides is 2. The van der Waals surface area contributed by atoms with Gasteiger partial charge in [0.1, 0.15) is 30.3 Å². The number of aliphatic carboxylic acids is 1. The van der Waals surface area contributed by atoms with Gasteiger partial charge in [-0.2, -0.15) is 9.89 Å². The molecule has 4 rings (SSSR count). The number of hydrogen-bond acceptors (Lipinski definition) is 12. The molecule has 2 aliphatic heterocycles. The lowest BCUT2D eigenvalue weighted by atomic mass is 10.0. The quantitative estimate of drug-likeness (QED) is 0.128. The molecule has 0 aromatic carbocycles. The Hall–Kier alpha value is -4.34. The number of carbonyl (C=O) groups is 3. The van der Waals surface area contributed by atoms with E-state index in [1.54, 1.807) is 36.0 Å². The van der Waals surface area contributed by atoms with Crippen LogP contribution in [0.15, 0.2) is 50.7 Å². The van der Waals surface area contributed by atoms with Crippen LogP contribution in [0.2, 0.25) is 0 Å². The lowest BCUT2D eigenvalue weighted by Crippen LogP contribution is -2.71. The molecule has 16 heteroatoms. The predicted octanol–water partition coefficient (Wildman–Crippen LogP) is -0.444. The van der Waals surface area contributed by atoms with Crippen molar-refractivity contribution in [2.75, 3.05) is 18.6 Å². The highest BCUT2D eigenvalue weighted by Gasteiger charge is 2.55. The number of nitrogens with one attached hydrogen (secondary N) is 1. The van der Waals surface area contributed by atoms with Crippen LogP contribution < -0.4 is 15.6 Å². The van der Waals surface area contributed by atoms with Gasteiger partial charge in [-0.15, -0.1) is 11.8 Å². The van der Waals surface area contributed by atoms with Gasteiger partial charge in [0.05, 0.1) is 0 Å². The van der Waals surface area contributed by atoms with Crippen molar-refractivity contribution in [2.24, 2.45) is 10.3 Å². The summed E-state index contributed by atoms with van der Waals surface area (Å²) in [6.07, 6.45) is 3.43. The number of thioether (sulfide) groups is 1. The first-order valence-corrected chi connectivity index (χ1v) is 11.5. The minimum Gasteiger partial charge on any atom is -0.477 e. The Morgan fingerprint density at radius 3 is 2.92 bits per heavy atom. The fourth-order valence-corrected chi connectivity index (χ4v) is 5.13. The molecule has 2 unspecified atom stereocenters. The van der Waals surface area contributed by atoms with Crippen LogP contribution in [0.25, 0.3) is 0 Å². The van der Waals surface area contributed by atoms with Gasteiger partial charge in [-0.1, -0.05) is 15.5 Å². The standard InChI is InChI=1S/C20H20N8O7S/c1-9(24-33)10-4-3-5-27(6-10)7-11-8-36-18-13(17(30)28(18)14(11)19(31)32)22-16(29)12(25-34-2)15-23-20(21)35-26-15/h3-6,9,13,18H,7-8H2,1-2H3,(H3-,21,22,23,26,29,31,32)/p+1/t9?,13?,18-/m0/s1. The Kier molecular flexibility index (Phi) is 6.96. The summed E-state index contributed by atoms with van der Waals surface area (Å²) in [5.74, 6) is -2.64. The van der Waals surface area contributed by atoms with Crippen molar-refractivity contribution in [3.05, 3.63) is 52.1 Å². The van der Waals surface area contributed by atoms with Crippen LogP contribution in [0.3, 0.4) is 0 Å². The summed E-state index contributed by atoms with van der Waals surface area (Å²) >= 11 is 1.30. The maximum Gasteiger partial charge on any atom is 0.352 e. The topological polar surface area (TPSA) is 207 Å². The van der Waals surface area contributed by atoms with Gasteiger partial charge in [-0.3, -0.25) is 14.5 Å². The fraction of sp³-hybridized carbons (Fsp3) is 0.350. The number of β-lactam (4-membered cyclic amide) rings is 1. The second kappa shape index (κ2) is 10.1. The molecule has 0 spiro atoms. The Labute approximate surface area is 207 Å². The number of pyridine rings is 1. The van der Waals surface area contributed by atoms with E-state index < -0.39 is 35.2 Å². The molecule has 36 heavy (non-hydrogen) atoms. The highest BCUT2D eigenvalue weighted by atomic mass is 32.2. The van der Waals surface area contributed by atoms with Crippen LogP contribution in [-0.4, -0.2) is 67.9 Å². The summed E-state index contributed by atoms with van der Waals surface area (Å²) in [6, 6.07) is 1.61. The lowest BCUT2D eigenvalue weighted by molar-refractivity contribution is -0.689. The van der Waals surface area contributed by atoms with E-state index in [1.807, 2.05) is 0 Å². The van der Waals surface area contributed by atoms with Gasteiger partial charge in [0.2, 0.25) is 11.5 Å². The van der Waals surface area contributed by atoms with E-state index in [1.165, 1.54) is 18.9 Å². The van der Waals surface area contributed by atoms with Gasteiger partial charge in [-0.25, -0.2) is 9.36 Å². The number of nitroso groups, excluding NO2 is 1. The van der Waals surface area contributed by atoms with Crippen LogP contribution in [0.5, 0.6) is 0 Å². The third-order valence-electron chi connectivity index (χ3n) is 5.48. The van der Waals surface area contributed by atoms with Crippen molar-refractivity contribution in [3.63, 3.8) is 0 Å². The molecule has 0 bridgehead atoms. The van der Waals surface area contributed by atoms with E-state index in [2.05, 4.69) is 35.2 Å². The number of carboxylic acid groups (broad SMARTS) is 1. The molecule has 0 radical (unpaired) electrons. The number of nitrogens with zero attached hydrogens (tertiary/aromatic N) is 6. The van der Waals surface area contributed by atoms with Gasteiger partial charge in [0, 0.05) is 23.0 Å². The lowest BCUT2D eigenvalue weighted by Gasteiger charge is -2.49. The second-order valence-electron chi connectivity index (χ2n) is 7.79. The highest BCUT2D eigenvalue weighted by molar-refractivity contribution is 8.00. The molecular formula is C20H21N8O7S+. The molecule has 188 valence electrons. The second-order valence-corrected chi connectivity index (χ2v) is 8.89. The fourth-order valence-electron chi connectivity index (χ4n) is 3.79. The van der Waals surface area contributed by atoms with Crippen molar-refractivity contribution >= 4 is 41.3 Å². The normalized spacial score (nSPS) is 20.3. The molecule has 2 aliphatic rings. The van der Waals surface area contributed by atoms with Gasteiger partial charge >= 0.3 is 12.0 Å². The zero-order valence-corrected chi connectivity index (χ0v) is 19.8. The monoisotopic (exact) mass is 517 g/mol. The Balaban J connectivity index is 1.54. The largest absolute Gasteiger partial charge is 0.477 e. The Morgan fingerprint density at radius 1 is 1.50 bits per heavy atom. The molecule has 2 amide bonds. The van der Waals surface area contributed by atoms with Crippen molar-refractivity contribution in [1.82, 2.24) is 20.4 Å². The molecule has 3 atom stereocenters. The minimum atomic E-state index is -1.27. The first-order valence-electron chi connectivity index (χ1n) is 10.5. The highest BCUT2D eigenvalue weighted by Crippen LogP contribution is 2.40. The number of fused-ring (bicyclic) bond motifs is 1. The van der Waals surface area contributed by atoms with Gasteiger partial charge in [0.25, 0.3) is 11.8 Å². The van der Waals surface area contributed by atoms with E-state index in [0.717, 1.165) is 4.90 Å². The van der Waals surface area contributed by atoms with Crippen molar-refractivity contribution in [2.45, 2.75) is 30.9 Å². The average Bonchev–Trinajstić information content (AvgIpc) is 3.30. The Bertz CT molecular complexity index is 1290. The van der Waals surface area contributed by atoms with Gasteiger partial charge < -0.3 is 25.5 Å². The maximum absolute atomic E-state index is 13.0. The van der Waals surface area contributed by atoms with Crippen LogP contribution >= 0.6 is 11.8 Å². The number of nitrogen functional groups attached to an aromatic ring is 1. The first kappa shape index (κ1) is 24.8. The number of aromatic nitrogens is 3. The SMILES string of the molecule is CON=C(C(=O)NC1C(=O)N2C(C(=O)O)=C(C[n+]3cccc(C(C)N=O)c3)CS[C@@H]12)c1noc(N)n1. The number of hydrogen-bond donors (Lipinski definition) is 3. The zero-order valence-electron chi connectivity index (χ0n) is 19.0. The summed E-state index contributed by atoms with van der Waals surface area (Å²) in [5.41, 5.74) is 6.05. The average molecular weight is 518 g/mol. The van der Waals surface area contributed by atoms with Crippen LogP contribution in [0, 0.1) is 4.91 Å². The van der Waals surface area contributed by atoms with E-state index in [-0.39, 0.29) is 29.8 Å². The third kappa shape index (κ3) is 4.61. The number of rotatable bonds is 9. The molecular weight excluding hydrogens is 496 g/mol. The van der Waals surface area contributed by atoms with Crippen molar-refractivity contribution < 1.29 is 33.4 Å². The first-order chi connectivity index (χ1) is 17.2. The smallest absolute Gasteiger partial charge is 0.352 e. The third-order valence-corrected chi connectivity index (χ3v) is 6.82. The zero-order chi connectivity index (χ0) is 26.0. The summed E-state index contributed by atoms with van der Waals surface area (Å²) in [5, 5.41) is 21.9. The van der Waals surface area contributed by atoms with Crippen LogP contribution in [0.1, 0.15) is 24.4 Å². The van der Waals surface area contributed by atoms with E-state index in [4.69, 9.17) is 5.73 Å². The van der Waals surface area contributed by atoms with Gasteiger partial charge in [0.15, 0.2) is 18.9 Å². The maximum atomic E-state index is 13.0. The molecule has 0 aliphatic carbocycles. The molecule has 1 saturated heterocycles. The summed E-state index contributed by atoms with van der Waals surface area (Å²) in [6.45, 7) is 1.84. The minimum absolute atomic E-state index is 0.148. The molecule has 1 fully saturated rings. The number of carboxylic acids is 1. The van der Waals surface area contributed by atoms with E-state index in [9.17, 15) is 24.4 Å². The van der Waals surface area contributed by atoms with E-state index >= 15 is 0 Å². The Morgan fingerprint density at radius 2 is 2.28 bits per heavy atom. The summed E-state index contributed by atoms with van der Waals surface area (Å²) in [7, 11) is 1.21. The molecule has 15 nitrogen and oxygen atoms in total. The summed E-state index contributed by atoms with van der Waals surface area (Å²) < 4.78 is 6.38. The predicted molar refractivity (Wildman–Crippen MR) is 123 cm³/mol. The van der Waals surface area contributed by atoms with Gasteiger partial charge in [-0.05, 0) is 13.0 Å². The number of oxime groups is 1. The number of nitrogens with two attached hydrogens (primary N) is 1. The number of carbonyl (C=O) groups excluding carboxylic acids is 2. The summed E-state index contributed by atoms with van der Waals surface area (Å²) in [4.78, 5) is 58.3. The molecule has 4 N–H and O–H groups in total. The molecule has 0 saturated carbocycles. The molecule has 4 heterocycles. The van der Waals surface area contributed by atoms with Crippen molar-refractivity contribution in [3.8, 4) is 0 Å². The number of anilines is 1. The molecule has 2 aromatic heterocycles. The van der Waals surface area contributed by atoms with Crippen molar-refractivity contribution in [1.29, 1.82) is 0 Å².